The largest absolute Gasteiger partial charge is 0.370 e. The number of carbonyl (C=O) groups excluding carboxylic acids is 1. The van der Waals surface area contributed by atoms with Gasteiger partial charge in [0, 0.05) is 43.2 Å². The van der Waals surface area contributed by atoms with Crippen LogP contribution in [0.2, 0.25) is 0 Å². The van der Waals surface area contributed by atoms with Gasteiger partial charge in [-0.3, -0.25) is 9.78 Å². The van der Waals surface area contributed by atoms with Crippen molar-refractivity contribution >= 4 is 11.7 Å². The van der Waals surface area contributed by atoms with Crippen LogP contribution in [0.4, 0.5) is 5.82 Å². The maximum absolute atomic E-state index is 12.5. The molecule has 2 aromatic rings. The predicted molar refractivity (Wildman–Crippen MR) is 110 cm³/mol. The van der Waals surface area contributed by atoms with Gasteiger partial charge >= 0.3 is 0 Å². The van der Waals surface area contributed by atoms with Crippen molar-refractivity contribution in [2.24, 2.45) is 0 Å². The van der Waals surface area contributed by atoms with E-state index in [4.69, 9.17) is 9.72 Å². The average molecular weight is 391 g/mol. The summed E-state index contributed by atoms with van der Waals surface area (Å²) in [4.78, 5) is 28.5. The van der Waals surface area contributed by atoms with Crippen LogP contribution in [0.25, 0.3) is 11.4 Å². The molecule has 0 unspecified atom stereocenters. The van der Waals surface area contributed by atoms with Crippen molar-refractivity contribution in [1.29, 1.82) is 0 Å². The zero-order chi connectivity index (χ0) is 19.8. The van der Waals surface area contributed by atoms with E-state index in [2.05, 4.69) is 33.2 Å². The summed E-state index contributed by atoms with van der Waals surface area (Å²) in [6, 6.07) is 3.78. The molecular formula is C22H25N5O2. The Kier molecular flexibility index (Phi) is 4.54. The van der Waals surface area contributed by atoms with Crippen molar-refractivity contribution in [2.45, 2.75) is 38.2 Å². The Hall–Kier alpha value is -2.80. The van der Waals surface area contributed by atoms with Crippen molar-refractivity contribution in [3.63, 3.8) is 0 Å². The first kappa shape index (κ1) is 18.2. The smallest absolute Gasteiger partial charge is 0.270 e. The van der Waals surface area contributed by atoms with Crippen LogP contribution in [0.3, 0.4) is 0 Å². The molecule has 29 heavy (non-hydrogen) atoms. The van der Waals surface area contributed by atoms with Gasteiger partial charge < -0.3 is 15.0 Å². The second-order valence-electron chi connectivity index (χ2n) is 8.09. The second-order valence-corrected chi connectivity index (χ2v) is 8.09. The number of ether oxygens (including phenoxy) is 1. The van der Waals surface area contributed by atoms with Gasteiger partial charge in [-0.15, -0.1) is 0 Å². The quantitative estimate of drug-likeness (QED) is 0.793. The number of hydrogen-bond acceptors (Lipinski definition) is 6. The molecule has 0 aliphatic carbocycles. The maximum Gasteiger partial charge on any atom is 0.270 e. The summed E-state index contributed by atoms with van der Waals surface area (Å²) in [5.74, 6) is 1.31. The fraction of sp³-hybridized carbons (Fsp3) is 0.455. The third-order valence-corrected chi connectivity index (χ3v) is 6.09. The molecule has 7 nitrogen and oxygen atoms in total. The number of pyridine rings is 1. The highest BCUT2D eigenvalue weighted by atomic mass is 16.5. The number of carbonyl (C=O) groups is 1. The minimum Gasteiger partial charge on any atom is -0.370 e. The summed E-state index contributed by atoms with van der Waals surface area (Å²) in [6.45, 7) is 5.31. The van der Waals surface area contributed by atoms with Gasteiger partial charge in [-0.05, 0) is 44.7 Å². The molecule has 0 atom stereocenters. The summed E-state index contributed by atoms with van der Waals surface area (Å²) in [5, 5.41) is 2.91. The van der Waals surface area contributed by atoms with Gasteiger partial charge in [0.25, 0.3) is 5.91 Å². The molecule has 3 aliphatic heterocycles. The minimum absolute atomic E-state index is 0.123. The summed E-state index contributed by atoms with van der Waals surface area (Å²) >= 11 is 0. The molecule has 0 bridgehead atoms. The summed E-state index contributed by atoms with van der Waals surface area (Å²) in [7, 11) is 0. The Morgan fingerprint density at radius 2 is 2.07 bits per heavy atom. The van der Waals surface area contributed by atoms with E-state index in [1.165, 1.54) is 5.57 Å². The van der Waals surface area contributed by atoms with Gasteiger partial charge in [-0.25, -0.2) is 9.97 Å². The van der Waals surface area contributed by atoms with Crippen molar-refractivity contribution in [2.75, 3.05) is 31.1 Å². The third-order valence-electron chi connectivity index (χ3n) is 6.09. The van der Waals surface area contributed by atoms with Gasteiger partial charge in [0.2, 0.25) is 0 Å². The van der Waals surface area contributed by atoms with Gasteiger partial charge in [0.15, 0.2) is 5.82 Å². The number of amides is 1. The minimum atomic E-state index is -0.143. The topological polar surface area (TPSA) is 80.2 Å². The SMILES string of the molecule is CC1=CC2(CCN(c3nc(-c4cccnc4)nc4c3CCNC4=O)CC2)OCC1. The Morgan fingerprint density at radius 1 is 1.21 bits per heavy atom. The number of anilines is 1. The van der Waals surface area contributed by atoms with Crippen molar-refractivity contribution in [3.05, 3.63) is 47.4 Å². The van der Waals surface area contributed by atoms with E-state index in [-0.39, 0.29) is 11.5 Å². The Labute approximate surface area is 170 Å². The predicted octanol–water partition coefficient (Wildman–Crippen LogP) is 2.53. The van der Waals surface area contributed by atoms with Crippen LogP contribution in [-0.4, -0.2) is 52.7 Å². The van der Waals surface area contributed by atoms with Crippen molar-refractivity contribution in [3.8, 4) is 11.4 Å². The number of aromatic nitrogens is 3. The first-order valence-electron chi connectivity index (χ1n) is 10.3. The zero-order valence-corrected chi connectivity index (χ0v) is 16.6. The van der Waals surface area contributed by atoms with Crippen LogP contribution in [0.5, 0.6) is 0 Å². The first-order valence-corrected chi connectivity index (χ1v) is 10.3. The monoisotopic (exact) mass is 391 g/mol. The lowest BCUT2D eigenvalue weighted by Crippen LogP contribution is -2.47. The molecule has 5 heterocycles. The molecule has 0 saturated carbocycles. The van der Waals surface area contributed by atoms with Gasteiger partial charge in [-0.2, -0.15) is 0 Å². The fourth-order valence-corrected chi connectivity index (χ4v) is 4.52. The highest BCUT2D eigenvalue weighted by Crippen LogP contribution is 2.36. The van der Waals surface area contributed by atoms with Crippen LogP contribution >= 0.6 is 0 Å². The number of nitrogens with one attached hydrogen (secondary N) is 1. The molecule has 1 fully saturated rings. The molecule has 150 valence electrons. The number of piperidine rings is 1. The van der Waals surface area contributed by atoms with Crippen molar-refractivity contribution in [1.82, 2.24) is 20.3 Å². The van der Waals surface area contributed by atoms with Crippen LogP contribution in [0, 0.1) is 0 Å². The fourth-order valence-electron chi connectivity index (χ4n) is 4.52. The van der Waals surface area contributed by atoms with E-state index in [9.17, 15) is 4.79 Å². The van der Waals surface area contributed by atoms with E-state index < -0.39 is 0 Å². The molecule has 1 saturated heterocycles. The lowest BCUT2D eigenvalue weighted by molar-refractivity contribution is -0.0326. The maximum atomic E-state index is 12.5. The van der Waals surface area contributed by atoms with E-state index in [1.54, 1.807) is 12.4 Å². The van der Waals surface area contributed by atoms with E-state index in [1.807, 2.05) is 12.1 Å². The molecule has 1 amide bonds. The summed E-state index contributed by atoms with van der Waals surface area (Å²) < 4.78 is 6.18. The second kappa shape index (κ2) is 7.22. The lowest BCUT2D eigenvalue weighted by Gasteiger charge is -2.43. The molecule has 0 aromatic carbocycles. The Balaban J connectivity index is 1.50. The Morgan fingerprint density at radius 3 is 2.83 bits per heavy atom. The first-order chi connectivity index (χ1) is 14.1. The molecule has 1 spiro atoms. The standard InChI is InChI=1S/C22H25N5O2/c1-15-5-12-29-22(13-15)6-10-27(11-7-22)20-17-4-9-24-21(28)18(17)25-19(26-20)16-3-2-8-23-14-16/h2-3,8,13-14H,4-7,9-12H2,1H3,(H,24,28). The highest BCUT2D eigenvalue weighted by molar-refractivity contribution is 5.96. The molecule has 7 heteroatoms. The van der Waals surface area contributed by atoms with E-state index in [0.717, 1.165) is 62.3 Å². The van der Waals surface area contributed by atoms with E-state index in [0.29, 0.717) is 18.1 Å². The molecular weight excluding hydrogens is 366 g/mol. The molecule has 5 rings (SSSR count). The summed E-state index contributed by atoms with van der Waals surface area (Å²) in [6.07, 6.45) is 9.41. The van der Waals surface area contributed by atoms with Gasteiger partial charge in [0.05, 0.1) is 12.2 Å². The molecule has 2 aromatic heterocycles. The zero-order valence-electron chi connectivity index (χ0n) is 16.6. The number of hydrogen-bond donors (Lipinski definition) is 1. The van der Waals surface area contributed by atoms with Crippen LogP contribution in [-0.2, 0) is 11.2 Å². The third kappa shape index (κ3) is 3.40. The lowest BCUT2D eigenvalue weighted by atomic mass is 9.86. The van der Waals surface area contributed by atoms with E-state index >= 15 is 0 Å². The number of rotatable bonds is 2. The van der Waals surface area contributed by atoms with Crippen LogP contribution < -0.4 is 10.2 Å². The summed E-state index contributed by atoms with van der Waals surface area (Å²) in [5.41, 5.74) is 3.53. The number of nitrogens with zero attached hydrogens (tertiary/aromatic N) is 4. The van der Waals surface area contributed by atoms with Gasteiger partial charge in [0.1, 0.15) is 11.5 Å². The molecule has 0 radical (unpaired) electrons. The van der Waals surface area contributed by atoms with Crippen molar-refractivity contribution < 1.29 is 9.53 Å². The molecule has 1 N–H and O–H groups in total. The highest BCUT2D eigenvalue weighted by Gasteiger charge is 2.37. The van der Waals surface area contributed by atoms with Gasteiger partial charge in [-0.1, -0.05) is 11.6 Å². The molecule has 3 aliphatic rings. The van der Waals surface area contributed by atoms with Crippen LogP contribution in [0.1, 0.15) is 42.2 Å². The number of fused-ring (bicyclic) bond motifs is 1. The average Bonchev–Trinajstić information content (AvgIpc) is 2.75. The Bertz CT molecular complexity index is 965. The van der Waals surface area contributed by atoms with Crippen LogP contribution in [0.15, 0.2) is 36.2 Å². The normalized spacial score (nSPS) is 20.8.